The largest absolute Gasteiger partial charge is 0.493 e. The predicted molar refractivity (Wildman–Crippen MR) is 110 cm³/mol. The van der Waals surface area contributed by atoms with Crippen LogP contribution < -0.4 is 20.9 Å². The zero-order valence-corrected chi connectivity index (χ0v) is 16.6. The number of thioether (sulfide) groups is 1. The summed E-state index contributed by atoms with van der Waals surface area (Å²) in [6.07, 6.45) is -0.324. The number of aromatic nitrogens is 1. The maximum absolute atomic E-state index is 13.5. The van der Waals surface area contributed by atoms with Gasteiger partial charge in [-0.05, 0) is 36.1 Å². The number of benzene rings is 1. The number of nitrogens with one attached hydrogen (secondary N) is 3. The Morgan fingerprint density at radius 1 is 1.21 bits per heavy atom. The molecule has 156 valence electrons. The first kappa shape index (κ1) is 21.2. The minimum atomic E-state index is -4.51. The van der Waals surface area contributed by atoms with Gasteiger partial charge in [0.1, 0.15) is 11.2 Å². The first-order chi connectivity index (χ1) is 13.9. The Hall–Kier alpha value is -2.55. The molecule has 29 heavy (non-hydrogen) atoms. The second-order valence-electron chi connectivity index (χ2n) is 6.54. The first-order valence-corrected chi connectivity index (χ1v) is 10.2. The van der Waals surface area contributed by atoms with E-state index in [0.29, 0.717) is 5.69 Å². The molecular weight excluding hydrogens is 403 g/mol. The van der Waals surface area contributed by atoms with Gasteiger partial charge < -0.3 is 20.4 Å². The number of H-pyrrole nitrogens is 1. The molecule has 9 heteroatoms. The molecule has 1 aromatic carbocycles. The highest BCUT2D eigenvalue weighted by molar-refractivity contribution is 8.03. The van der Waals surface area contributed by atoms with Gasteiger partial charge in [-0.2, -0.15) is 13.2 Å². The van der Waals surface area contributed by atoms with Gasteiger partial charge in [-0.3, -0.25) is 4.79 Å². The SMILES string of the molecule is CCCCCOc1ccc(NC2NC(c3ccc(=O)[nH]c3)=CS2)cc1C(F)(F)F. The molecule has 0 spiro atoms. The fraction of sp³-hybridized carbons (Fsp3) is 0.350. The molecule has 1 unspecified atom stereocenters. The lowest BCUT2D eigenvalue weighted by Gasteiger charge is -2.19. The van der Waals surface area contributed by atoms with Gasteiger partial charge in [0.2, 0.25) is 5.56 Å². The zero-order valence-electron chi connectivity index (χ0n) is 15.8. The van der Waals surface area contributed by atoms with Gasteiger partial charge in [0.15, 0.2) is 0 Å². The molecule has 5 nitrogen and oxygen atoms in total. The molecule has 2 heterocycles. The van der Waals surface area contributed by atoms with Gasteiger partial charge in [-0.1, -0.05) is 31.5 Å². The Bertz CT molecular complexity index is 907. The standard InChI is InChI=1S/C20H22F3N3O2S/c1-2-3-4-9-28-17-7-6-14(10-15(17)20(21,22)23)25-19-26-16(12-29-19)13-5-8-18(27)24-11-13/h5-8,10-12,19,25-26H,2-4,9H2,1H3,(H,24,27). The highest BCUT2D eigenvalue weighted by atomic mass is 32.2. The first-order valence-electron chi connectivity index (χ1n) is 9.28. The van der Waals surface area contributed by atoms with Crippen LogP contribution in [0.5, 0.6) is 5.75 Å². The van der Waals surface area contributed by atoms with Crippen molar-refractivity contribution in [2.24, 2.45) is 0 Å². The molecule has 0 radical (unpaired) electrons. The van der Waals surface area contributed by atoms with E-state index in [4.69, 9.17) is 4.74 Å². The van der Waals surface area contributed by atoms with Crippen LogP contribution in [0.25, 0.3) is 5.70 Å². The van der Waals surface area contributed by atoms with E-state index in [9.17, 15) is 18.0 Å². The van der Waals surface area contributed by atoms with E-state index in [1.165, 1.54) is 23.9 Å². The predicted octanol–water partition coefficient (Wildman–Crippen LogP) is 4.99. The monoisotopic (exact) mass is 425 g/mol. The Morgan fingerprint density at radius 2 is 2.03 bits per heavy atom. The molecular formula is C20H22F3N3O2S. The maximum Gasteiger partial charge on any atom is 0.420 e. The van der Waals surface area contributed by atoms with Crippen LogP contribution in [0.2, 0.25) is 0 Å². The normalized spacial score (nSPS) is 16.3. The molecule has 3 rings (SSSR count). The fourth-order valence-electron chi connectivity index (χ4n) is 2.80. The van der Waals surface area contributed by atoms with Crippen LogP contribution in [0.1, 0.15) is 37.3 Å². The summed E-state index contributed by atoms with van der Waals surface area (Å²) in [4.78, 5) is 13.8. The lowest BCUT2D eigenvalue weighted by Crippen LogP contribution is -2.28. The number of alkyl halides is 3. The topological polar surface area (TPSA) is 66.2 Å². The van der Waals surface area contributed by atoms with Crippen molar-refractivity contribution >= 4 is 23.1 Å². The second kappa shape index (κ2) is 9.30. The third-order valence-corrected chi connectivity index (χ3v) is 5.17. The Labute approximate surface area is 170 Å². The van der Waals surface area contributed by atoms with Gasteiger partial charge in [-0.25, -0.2) is 0 Å². The van der Waals surface area contributed by atoms with Crippen LogP contribution >= 0.6 is 11.8 Å². The highest BCUT2D eigenvalue weighted by Gasteiger charge is 2.35. The van der Waals surface area contributed by atoms with E-state index < -0.39 is 11.7 Å². The molecule has 1 aliphatic rings. The van der Waals surface area contributed by atoms with Gasteiger partial charge in [0.05, 0.1) is 17.9 Å². The Morgan fingerprint density at radius 3 is 2.72 bits per heavy atom. The molecule has 1 aromatic heterocycles. The Balaban J connectivity index is 1.66. The number of hydrogen-bond donors (Lipinski definition) is 3. The number of ether oxygens (including phenoxy) is 1. The number of unbranched alkanes of at least 4 members (excludes halogenated alkanes) is 2. The van der Waals surface area contributed by atoms with Crippen LogP contribution in [0.4, 0.5) is 18.9 Å². The van der Waals surface area contributed by atoms with Crippen molar-refractivity contribution in [2.45, 2.75) is 37.9 Å². The number of anilines is 1. The van der Waals surface area contributed by atoms with E-state index in [1.54, 1.807) is 18.3 Å². The molecule has 3 N–H and O–H groups in total. The Kier molecular flexibility index (Phi) is 6.79. The number of rotatable bonds is 8. The van der Waals surface area contributed by atoms with E-state index in [2.05, 4.69) is 15.6 Å². The fourth-order valence-corrected chi connectivity index (χ4v) is 3.67. The van der Waals surface area contributed by atoms with E-state index in [0.717, 1.165) is 36.6 Å². The summed E-state index contributed by atoms with van der Waals surface area (Å²) >= 11 is 1.39. The summed E-state index contributed by atoms with van der Waals surface area (Å²) < 4.78 is 45.8. The van der Waals surface area contributed by atoms with Gasteiger partial charge in [-0.15, -0.1) is 0 Å². The minimum absolute atomic E-state index is 0.154. The molecule has 0 saturated heterocycles. The lowest BCUT2D eigenvalue weighted by atomic mass is 10.1. The molecule has 0 amide bonds. The molecule has 1 aliphatic heterocycles. The van der Waals surface area contributed by atoms with Crippen LogP contribution in [-0.2, 0) is 6.18 Å². The second-order valence-corrected chi connectivity index (χ2v) is 7.52. The molecule has 1 atom stereocenters. The molecule has 0 fully saturated rings. The van der Waals surface area contributed by atoms with Crippen LogP contribution in [0, 0.1) is 0 Å². The number of hydrogen-bond acceptors (Lipinski definition) is 5. The van der Waals surface area contributed by atoms with E-state index in [1.807, 2.05) is 12.3 Å². The quantitative estimate of drug-likeness (QED) is 0.520. The van der Waals surface area contributed by atoms with Crippen LogP contribution in [0.15, 0.2) is 46.7 Å². The number of aromatic amines is 1. The average molecular weight is 425 g/mol. The van der Waals surface area contributed by atoms with Crippen LogP contribution in [-0.4, -0.2) is 17.1 Å². The van der Waals surface area contributed by atoms with Crippen molar-refractivity contribution in [1.82, 2.24) is 10.3 Å². The van der Waals surface area contributed by atoms with Crippen molar-refractivity contribution in [2.75, 3.05) is 11.9 Å². The molecule has 0 aliphatic carbocycles. The number of halogens is 3. The van der Waals surface area contributed by atoms with Crippen molar-refractivity contribution in [3.05, 3.63) is 63.4 Å². The zero-order chi connectivity index (χ0) is 20.9. The third kappa shape index (κ3) is 5.72. The minimum Gasteiger partial charge on any atom is -0.493 e. The third-order valence-electron chi connectivity index (χ3n) is 4.29. The van der Waals surface area contributed by atoms with Gasteiger partial charge >= 0.3 is 6.18 Å². The number of pyridine rings is 1. The van der Waals surface area contributed by atoms with Crippen molar-refractivity contribution < 1.29 is 17.9 Å². The highest BCUT2D eigenvalue weighted by Crippen LogP contribution is 2.38. The summed E-state index contributed by atoms with van der Waals surface area (Å²) in [5.41, 5.74) is 0.555. The smallest absolute Gasteiger partial charge is 0.420 e. The molecule has 0 saturated carbocycles. The summed E-state index contributed by atoms with van der Waals surface area (Å²) in [5, 5.41) is 8.06. The summed E-state index contributed by atoms with van der Waals surface area (Å²) in [6.45, 7) is 2.28. The maximum atomic E-state index is 13.5. The van der Waals surface area contributed by atoms with Crippen LogP contribution in [0.3, 0.4) is 0 Å². The van der Waals surface area contributed by atoms with Gasteiger partial charge in [0, 0.05) is 23.5 Å². The summed E-state index contributed by atoms with van der Waals surface area (Å²) in [7, 11) is 0. The van der Waals surface area contributed by atoms with Crippen molar-refractivity contribution in [1.29, 1.82) is 0 Å². The molecule has 0 bridgehead atoms. The van der Waals surface area contributed by atoms with E-state index in [-0.39, 0.29) is 23.4 Å². The summed E-state index contributed by atoms with van der Waals surface area (Å²) in [6, 6.07) is 7.08. The van der Waals surface area contributed by atoms with E-state index >= 15 is 0 Å². The summed E-state index contributed by atoms with van der Waals surface area (Å²) in [5.74, 6) is -0.154. The average Bonchev–Trinajstić information content (AvgIpc) is 3.14. The lowest BCUT2D eigenvalue weighted by molar-refractivity contribution is -0.138. The van der Waals surface area contributed by atoms with Crippen molar-refractivity contribution in [3.63, 3.8) is 0 Å². The van der Waals surface area contributed by atoms with Crippen molar-refractivity contribution in [3.8, 4) is 5.75 Å². The molecule has 2 aromatic rings. The van der Waals surface area contributed by atoms with Gasteiger partial charge in [0.25, 0.3) is 0 Å².